The number of aliphatic hydroxyl groups excluding tert-OH is 4. The van der Waals surface area contributed by atoms with E-state index in [0.29, 0.717) is 19.6 Å². The quantitative estimate of drug-likeness (QED) is 0.500. The number of hydrogen-bond acceptors (Lipinski definition) is 8. The Morgan fingerprint density at radius 3 is 2.42 bits per heavy atom. The molecule has 0 unspecified atom stereocenters. The lowest BCUT2D eigenvalue weighted by atomic mass is 9.84. The van der Waals surface area contributed by atoms with Gasteiger partial charge in [-0.2, -0.15) is 0 Å². The highest BCUT2D eigenvalue weighted by Gasteiger charge is 2.66. The number of benzene rings is 2. The third-order valence-electron chi connectivity index (χ3n) is 6.94. The van der Waals surface area contributed by atoms with Gasteiger partial charge in [0, 0.05) is 6.42 Å². The first-order chi connectivity index (χ1) is 15.9. The molecule has 5 rings (SSSR count). The standard InChI is InChI=1S/C25H30O8/c1-2-17-5-3-16(10-18(17)9-15-4-6-19-20(11-15)31-8-7-30-19)12-25-23(29)21(27)22(28)24(13-26,33-25)14-32-25/h3-6,10-11,21-23,26-29H,2,7-9,12-14H2,1H3/t21-,22-,23+,24-,25-/m0/s1. The highest BCUT2D eigenvalue weighted by molar-refractivity contribution is 5.46. The molecule has 33 heavy (non-hydrogen) atoms. The summed E-state index contributed by atoms with van der Waals surface area (Å²) in [6, 6.07) is 12.0. The molecule has 0 saturated carbocycles. The van der Waals surface area contributed by atoms with Crippen molar-refractivity contribution < 1.29 is 39.4 Å². The molecule has 2 fully saturated rings. The second-order valence-electron chi connectivity index (χ2n) is 9.09. The van der Waals surface area contributed by atoms with Gasteiger partial charge in [-0.1, -0.05) is 31.2 Å². The van der Waals surface area contributed by atoms with Gasteiger partial charge in [0.2, 0.25) is 5.79 Å². The smallest absolute Gasteiger partial charge is 0.202 e. The maximum atomic E-state index is 10.7. The lowest BCUT2D eigenvalue weighted by molar-refractivity contribution is -0.321. The molecule has 2 saturated heterocycles. The zero-order valence-corrected chi connectivity index (χ0v) is 18.6. The van der Waals surface area contributed by atoms with Crippen molar-refractivity contribution >= 4 is 0 Å². The molecule has 8 heteroatoms. The van der Waals surface area contributed by atoms with Crippen molar-refractivity contribution in [2.75, 3.05) is 26.4 Å². The molecule has 0 aromatic heterocycles. The Hall–Kier alpha value is -2.20. The van der Waals surface area contributed by atoms with Crippen LogP contribution in [0.1, 0.15) is 29.2 Å². The zero-order valence-electron chi connectivity index (χ0n) is 18.6. The topological polar surface area (TPSA) is 118 Å². The Morgan fingerprint density at radius 2 is 1.67 bits per heavy atom. The van der Waals surface area contributed by atoms with Crippen LogP contribution in [0, 0.1) is 0 Å². The van der Waals surface area contributed by atoms with Gasteiger partial charge in [-0.3, -0.25) is 0 Å². The van der Waals surface area contributed by atoms with Crippen LogP contribution in [0.5, 0.6) is 11.5 Å². The molecule has 3 heterocycles. The third kappa shape index (κ3) is 3.80. The molecule has 8 nitrogen and oxygen atoms in total. The van der Waals surface area contributed by atoms with Crippen LogP contribution in [0.4, 0.5) is 0 Å². The summed E-state index contributed by atoms with van der Waals surface area (Å²) in [6.07, 6.45) is -2.67. The van der Waals surface area contributed by atoms with Gasteiger partial charge in [0.05, 0.1) is 13.2 Å². The minimum atomic E-state index is -1.54. The minimum absolute atomic E-state index is 0.115. The molecular weight excluding hydrogens is 428 g/mol. The Labute approximate surface area is 192 Å². The summed E-state index contributed by atoms with van der Waals surface area (Å²) in [5.74, 6) is -0.0371. The van der Waals surface area contributed by atoms with E-state index in [1.807, 2.05) is 30.3 Å². The summed E-state index contributed by atoms with van der Waals surface area (Å²) in [5.41, 5.74) is 2.82. The normalized spacial score (nSPS) is 32.7. The van der Waals surface area contributed by atoms with Crippen molar-refractivity contribution in [2.45, 2.75) is 55.9 Å². The molecule has 2 aromatic carbocycles. The van der Waals surface area contributed by atoms with Crippen LogP contribution >= 0.6 is 0 Å². The van der Waals surface area contributed by atoms with Gasteiger partial charge < -0.3 is 39.4 Å². The number of fused-ring (bicyclic) bond motifs is 3. The Kier molecular flexibility index (Phi) is 5.84. The van der Waals surface area contributed by atoms with E-state index in [0.717, 1.165) is 34.6 Å². The summed E-state index contributed by atoms with van der Waals surface area (Å²) in [4.78, 5) is 0. The molecule has 2 aromatic rings. The van der Waals surface area contributed by atoms with Crippen LogP contribution in [0.3, 0.4) is 0 Å². The van der Waals surface area contributed by atoms with Crippen molar-refractivity contribution in [3.8, 4) is 11.5 Å². The van der Waals surface area contributed by atoms with Crippen molar-refractivity contribution in [3.05, 3.63) is 58.7 Å². The van der Waals surface area contributed by atoms with Gasteiger partial charge in [0.1, 0.15) is 37.1 Å². The Morgan fingerprint density at radius 1 is 0.909 bits per heavy atom. The van der Waals surface area contributed by atoms with Crippen molar-refractivity contribution in [1.29, 1.82) is 0 Å². The molecule has 0 spiro atoms. The Bertz CT molecular complexity index is 1030. The fourth-order valence-corrected chi connectivity index (χ4v) is 5.05. The number of rotatable bonds is 6. The highest BCUT2D eigenvalue weighted by atomic mass is 16.8. The van der Waals surface area contributed by atoms with Gasteiger partial charge in [0.25, 0.3) is 0 Å². The van der Waals surface area contributed by atoms with Crippen LogP contribution < -0.4 is 9.47 Å². The lowest BCUT2D eigenvalue weighted by Gasteiger charge is -2.45. The molecule has 2 bridgehead atoms. The average Bonchev–Trinajstić information content (AvgIpc) is 3.20. The van der Waals surface area contributed by atoms with Gasteiger partial charge in [-0.25, -0.2) is 0 Å². The number of hydrogen-bond donors (Lipinski definition) is 4. The minimum Gasteiger partial charge on any atom is -0.486 e. The van der Waals surface area contributed by atoms with E-state index in [9.17, 15) is 20.4 Å². The molecule has 3 aliphatic rings. The van der Waals surface area contributed by atoms with Gasteiger partial charge in [-0.15, -0.1) is 0 Å². The summed E-state index contributed by atoms with van der Waals surface area (Å²) < 4.78 is 23.1. The lowest BCUT2D eigenvalue weighted by Crippen LogP contribution is -2.67. The number of ether oxygens (including phenoxy) is 4. The van der Waals surface area contributed by atoms with E-state index in [1.54, 1.807) is 0 Å². The number of aliphatic hydroxyl groups is 4. The maximum absolute atomic E-state index is 10.7. The van der Waals surface area contributed by atoms with Gasteiger partial charge in [-0.05, 0) is 47.2 Å². The third-order valence-corrected chi connectivity index (χ3v) is 6.94. The highest BCUT2D eigenvalue weighted by Crippen LogP contribution is 2.45. The average molecular weight is 459 g/mol. The zero-order chi connectivity index (χ0) is 23.2. The maximum Gasteiger partial charge on any atom is 0.202 e. The van der Waals surface area contributed by atoms with Crippen LogP contribution in [0.25, 0.3) is 0 Å². The summed E-state index contributed by atoms with van der Waals surface area (Å²) in [5, 5.41) is 41.2. The van der Waals surface area contributed by atoms with E-state index >= 15 is 0 Å². The molecule has 0 aliphatic carbocycles. The molecule has 4 N–H and O–H groups in total. The van der Waals surface area contributed by atoms with E-state index in [1.165, 1.54) is 5.56 Å². The second kappa shape index (κ2) is 8.54. The number of aryl methyl sites for hydroxylation is 1. The first-order valence-corrected chi connectivity index (χ1v) is 11.4. The summed E-state index contributed by atoms with van der Waals surface area (Å²) >= 11 is 0. The SMILES string of the molecule is CCc1ccc(C[C@]23OC[C@](CO)(O2)[C@@H](O)[C@H](O)[C@H]3O)cc1Cc1ccc2c(c1)OCCO2. The molecular formula is C25H30O8. The first kappa shape index (κ1) is 22.6. The van der Waals surface area contributed by atoms with Crippen LogP contribution in [-0.2, 0) is 28.7 Å². The molecule has 0 amide bonds. The van der Waals surface area contributed by atoms with E-state index in [-0.39, 0.29) is 13.0 Å². The summed E-state index contributed by atoms with van der Waals surface area (Å²) in [7, 11) is 0. The molecule has 0 radical (unpaired) electrons. The summed E-state index contributed by atoms with van der Waals surface area (Å²) in [6.45, 7) is 2.55. The van der Waals surface area contributed by atoms with Gasteiger partial charge >= 0.3 is 0 Å². The van der Waals surface area contributed by atoms with Crippen LogP contribution in [0.2, 0.25) is 0 Å². The van der Waals surface area contributed by atoms with Crippen LogP contribution in [0.15, 0.2) is 36.4 Å². The largest absolute Gasteiger partial charge is 0.486 e. The molecule has 5 atom stereocenters. The fraction of sp³-hybridized carbons (Fsp3) is 0.520. The molecule has 3 aliphatic heterocycles. The second-order valence-corrected chi connectivity index (χ2v) is 9.09. The predicted molar refractivity (Wildman–Crippen MR) is 117 cm³/mol. The van der Waals surface area contributed by atoms with E-state index in [4.69, 9.17) is 18.9 Å². The van der Waals surface area contributed by atoms with E-state index in [2.05, 4.69) is 13.0 Å². The first-order valence-electron chi connectivity index (χ1n) is 11.4. The Balaban J connectivity index is 1.42. The van der Waals surface area contributed by atoms with E-state index < -0.39 is 36.3 Å². The fourth-order valence-electron chi connectivity index (χ4n) is 5.05. The van der Waals surface area contributed by atoms with Crippen LogP contribution in [-0.4, -0.2) is 76.6 Å². The van der Waals surface area contributed by atoms with Gasteiger partial charge in [0.15, 0.2) is 11.5 Å². The molecule has 178 valence electrons. The monoisotopic (exact) mass is 458 g/mol. The van der Waals surface area contributed by atoms with Crippen molar-refractivity contribution in [1.82, 2.24) is 0 Å². The van der Waals surface area contributed by atoms with Crippen molar-refractivity contribution in [2.24, 2.45) is 0 Å². The predicted octanol–water partition coefficient (Wildman–Crippen LogP) is 0.724. The van der Waals surface area contributed by atoms with Crippen molar-refractivity contribution in [3.63, 3.8) is 0 Å².